The summed E-state index contributed by atoms with van der Waals surface area (Å²) in [4.78, 5) is 22.3. The van der Waals surface area contributed by atoms with Gasteiger partial charge in [0.15, 0.2) is 0 Å². The van der Waals surface area contributed by atoms with Gasteiger partial charge in [-0.05, 0) is 19.1 Å². The second kappa shape index (κ2) is 5.04. The van der Waals surface area contributed by atoms with E-state index >= 15 is 0 Å². The van der Waals surface area contributed by atoms with E-state index in [0.29, 0.717) is 5.69 Å². The molecule has 1 aromatic rings. The van der Waals surface area contributed by atoms with Gasteiger partial charge in [-0.2, -0.15) is 0 Å². The van der Waals surface area contributed by atoms with Crippen molar-refractivity contribution in [1.29, 1.82) is 0 Å². The number of aryl methyl sites for hydroxylation is 1. The molecule has 15 heavy (non-hydrogen) atoms. The predicted octanol–water partition coefficient (Wildman–Crippen LogP) is 0.416. The van der Waals surface area contributed by atoms with E-state index in [2.05, 4.69) is 15.6 Å². The van der Waals surface area contributed by atoms with Crippen LogP contribution in [-0.4, -0.2) is 23.2 Å². The van der Waals surface area contributed by atoms with E-state index in [-0.39, 0.29) is 6.61 Å². The summed E-state index contributed by atoms with van der Waals surface area (Å²) in [6, 6.07) is 3.38. The Morgan fingerprint density at radius 2 is 2.20 bits per heavy atom. The van der Waals surface area contributed by atoms with Gasteiger partial charge in [0.25, 0.3) is 5.91 Å². The highest BCUT2D eigenvalue weighted by molar-refractivity contribution is 5.93. The van der Waals surface area contributed by atoms with Crippen LogP contribution in [0.15, 0.2) is 18.3 Å². The minimum absolute atomic E-state index is 0.256. The molecule has 1 heterocycles. The third kappa shape index (κ3) is 3.01. The number of carbonyl (C=O) groups excluding carboxylic acids is 2. The van der Waals surface area contributed by atoms with Crippen LogP contribution < -0.4 is 10.9 Å². The van der Waals surface area contributed by atoms with Crippen LogP contribution in [0, 0.1) is 0 Å². The number of hydrazine groups is 1. The molecule has 0 bridgehead atoms. The minimum atomic E-state index is -0.681. The van der Waals surface area contributed by atoms with Gasteiger partial charge in [-0.25, -0.2) is 10.2 Å². The molecule has 0 saturated heterocycles. The number of nitrogens with one attached hydrogen (secondary N) is 2. The first-order valence-electron chi connectivity index (χ1n) is 4.49. The first-order valence-corrected chi connectivity index (χ1v) is 4.49. The Hall–Kier alpha value is -1.98. The Bertz CT molecular complexity index is 359. The SMILES string of the molecule is CCOC(=O)NNC(=O)c1cccn1C. The molecule has 1 rings (SSSR count). The Morgan fingerprint density at radius 1 is 1.47 bits per heavy atom. The summed E-state index contributed by atoms with van der Waals surface area (Å²) in [5, 5.41) is 0. The second-order valence-electron chi connectivity index (χ2n) is 2.80. The maximum Gasteiger partial charge on any atom is 0.426 e. The number of hydrogen-bond donors (Lipinski definition) is 2. The van der Waals surface area contributed by atoms with Crippen LogP contribution in [0.3, 0.4) is 0 Å². The number of ether oxygens (including phenoxy) is 1. The fraction of sp³-hybridized carbons (Fsp3) is 0.333. The van der Waals surface area contributed by atoms with Gasteiger partial charge in [-0.1, -0.05) is 0 Å². The van der Waals surface area contributed by atoms with Crippen LogP contribution in [0.25, 0.3) is 0 Å². The third-order valence-electron chi connectivity index (χ3n) is 1.73. The Balaban J connectivity index is 2.44. The number of rotatable bonds is 2. The summed E-state index contributed by atoms with van der Waals surface area (Å²) in [5.41, 5.74) is 4.80. The lowest BCUT2D eigenvalue weighted by atomic mass is 10.4. The molecular weight excluding hydrogens is 198 g/mol. The summed E-state index contributed by atoms with van der Waals surface area (Å²) in [6.07, 6.45) is 1.05. The largest absolute Gasteiger partial charge is 0.449 e. The molecule has 6 heteroatoms. The molecule has 2 N–H and O–H groups in total. The average molecular weight is 211 g/mol. The first-order chi connectivity index (χ1) is 7.15. The normalized spacial score (nSPS) is 9.47. The van der Waals surface area contributed by atoms with Gasteiger partial charge in [0, 0.05) is 13.2 Å². The standard InChI is InChI=1S/C9H13N3O3/c1-3-15-9(14)11-10-8(13)7-5-4-6-12(7)2/h4-6H,3H2,1-2H3,(H,10,13)(H,11,14). The fourth-order valence-corrected chi connectivity index (χ4v) is 1.04. The average Bonchev–Trinajstić information content (AvgIpc) is 2.61. The van der Waals surface area contributed by atoms with Crippen molar-refractivity contribution in [2.24, 2.45) is 7.05 Å². The quantitative estimate of drug-likeness (QED) is 0.696. The van der Waals surface area contributed by atoms with Crippen LogP contribution in [0.1, 0.15) is 17.4 Å². The van der Waals surface area contributed by atoms with Crippen LogP contribution >= 0.6 is 0 Å². The highest BCUT2D eigenvalue weighted by Gasteiger charge is 2.09. The first kappa shape index (κ1) is 11.1. The summed E-state index contributed by atoms with van der Waals surface area (Å²) >= 11 is 0. The molecule has 0 aliphatic carbocycles. The summed E-state index contributed by atoms with van der Waals surface area (Å²) in [7, 11) is 1.74. The minimum Gasteiger partial charge on any atom is -0.449 e. The fourth-order valence-electron chi connectivity index (χ4n) is 1.04. The van der Waals surface area contributed by atoms with Crippen molar-refractivity contribution in [1.82, 2.24) is 15.4 Å². The highest BCUT2D eigenvalue weighted by atomic mass is 16.5. The number of carbonyl (C=O) groups is 2. The van der Waals surface area contributed by atoms with E-state index in [4.69, 9.17) is 0 Å². The lowest BCUT2D eigenvalue weighted by Gasteiger charge is -2.07. The van der Waals surface area contributed by atoms with E-state index in [1.165, 1.54) is 0 Å². The number of amides is 2. The molecule has 2 amide bonds. The summed E-state index contributed by atoms with van der Waals surface area (Å²) in [5.74, 6) is -0.393. The van der Waals surface area contributed by atoms with Crippen molar-refractivity contribution in [3.8, 4) is 0 Å². The van der Waals surface area contributed by atoms with E-state index in [1.54, 1.807) is 36.9 Å². The Kier molecular flexibility index (Phi) is 3.73. The number of aromatic nitrogens is 1. The molecule has 82 valence electrons. The van der Waals surface area contributed by atoms with E-state index < -0.39 is 12.0 Å². The molecule has 6 nitrogen and oxygen atoms in total. The summed E-state index contributed by atoms with van der Waals surface area (Å²) < 4.78 is 6.21. The van der Waals surface area contributed by atoms with Gasteiger partial charge in [0.1, 0.15) is 5.69 Å². The summed E-state index contributed by atoms with van der Waals surface area (Å²) in [6.45, 7) is 1.93. The lowest BCUT2D eigenvalue weighted by molar-refractivity contribution is 0.0904. The highest BCUT2D eigenvalue weighted by Crippen LogP contribution is 1.97. The number of nitrogens with zero attached hydrogens (tertiary/aromatic N) is 1. The molecule has 0 fully saturated rings. The van der Waals surface area contributed by atoms with Crippen LogP contribution in [0.2, 0.25) is 0 Å². The van der Waals surface area contributed by atoms with Crippen LogP contribution in [0.5, 0.6) is 0 Å². The van der Waals surface area contributed by atoms with Gasteiger partial charge < -0.3 is 9.30 Å². The molecule has 0 aromatic carbocycles. The molecule has 0 saturated carbocycles. The Morgan fingerprint density at radius 3 is 2.73 bits per heavy atom. The van der Waals surface area contributed by atoms with Crippen molar-refractivity contribution < 1.29 is 14.3 Å². The third-order valence-corrected chi connectivity index (χ3v) is 1.73. The molecule has 0 radical (unpaired) electrons. The van der Waals surface area contributed by atoms with Crippen molar-refractivity contribution in [2.45, 2.75) is 6.92 Å². The smallest absolute Gasteiger partial charge is 0.426 e. The zero-order valence-corrected chi connectivity index (χ0v) is 8.61. The van der Waals surface area contributed by atoms with Gasteiger partial charge in [0.05, 0.1) is 6.61 Å². The van der Waals surface area contributed by atoms with Gasteiger partial charge in [-0.15, -0.1) is 0 Å². The molecule has 0 spiro atoms. The zero-order valence-electron chi connectivity index (χ0n) is 8.61. The van der Waals surface area contributed by atoms with Crippen molar-refractivity contribution in [3.63, 3.8) is 0 Å². The second-order valence-corrected chi connectivity index (χ2v) is 2.80. The predicted molar refractivity (Wildman–Crippen MR) is 53.0 cm³/mol. The lowest BCUT2D eigenvalue weighted by Crippen LogP contribution is -2.42. The van der Waals surface area contributed by atoms with Crippen molar-refractivity contribution >= 4 is 12.0 Å². The maximum atomic E-state index is 11.4. The molecule has 1 aromatic heterocycles. The zero-order chi connectivity index (χ0) is 11.3. The maximum absolute atomic E-state index is 11.4. The molecule has 0 atom stereocenters. The van der Waals surface area contributed by atoms with E-state index in [1.807, 2.05) is 0 Å². The molecular formula is C9H13N3O3. The van der Waals surface area contributed by atoms with Crippen molar-refractivity contribution in [2.75, 3.05) is 6.61 Å². The molecule has 0 aliphatic rings. The van der Waals surface area contributed by atoms with E-state index in [9.17, 15) is 9.59 Å². The van der Waals surface area contributed by atoms with Gasteiger partial charge in [0.2, 0.25) is 0 Å². The molecule has 0 unspecified atom stereocenters. The van der Waals surface area contributed by atoms with Gasteiger partial charge >= 0.3 is 6.09 Å². The van der Waals surface area contributed by atoms with E-state index in [0.717, 1.165) is 0 Å². The molecule has 0 aliphatic heterocycles. The van der Waals surface area contributed by atoms with Crippen molar-refractivity contribution in [3.05, 3.63) is 24.0 Å². The van der Waals surface area contributed by atoms with Crippen LogP contribution in [-0.2, 0) is 11.8 Å². The topological polar surface area (TPSA) is 72.4 Å². The Labute approximate surface area is 87.2 Å². The van der Waals surface area contributed by atoms with Gasteiger partial charge in [-0.3, -0.25) is 10.2 Å². The monoisotopic (exact) mass is 211 g/mol. The number of hydrogen-bond acceptors (Lipinski definition) is 3. The van der Waals surface area contributed by atoms with Crippen LogP contribution in [0.4, 0.5) is 4.79 Å².